The van der Waals surface area contributed by atoms with Crippen molar-refractivity contribution in [3.05, 3.63) is 0 Å². The van der Waals surface area contributed by atoms with Gasteiger partial charge in [-0.05, 0) is 19.3 Å². The van der Waals surface area contributed by atoms with E-state index in [0.717, 1.165) is 4.90 Å². The summed E-state index contributed by atoms with van der Waals surface area (Å²) < 4.78 is 5.14. The summed E-state index contributed by atoms with van der Waals surface area (Å²) in [6.45, 7) is 0.192. The molecule has 1 N–H and O–H groups in total. The highest BCUT2D eigenvalue weighted by Gasteiger charge is 2.58. The van der Waals surface area contributed by atoms with Crippen LogP contribution in [0.5, 0.6) is 0 Å². The second kappa shape index (κ2) is 3.78. The molecule has 1 saturated carbocycles. The van der Waals surface area contributed by atoms with Crippen molar-refractivity contribution in [1.29, 1.82) is 0 Å². The molecule has 3 atom stereocenters. The Balaban J connectivity index is 2.01. The molecule has 0 radical (unpaired) electrons. The van der Waals surface area contributed by atoms with Gasteiger partial charge in [0, 0.05) is 24.9 Å². The van der Waals surface area contributed by atoms with E-state index in [4.69, 9.17) is 4.74 Å². The van der Waals surface area contributed by atoms with E-state index >= 15 is 0 Å². The number of rotatable bonds is 2. The van der Waals surface area contributed by atoms with Gasteiger partial charge < -0.3 is 9.84 Å². The number of hydrogen-bond acceptors (Lipinski definition) is 4. The molecule has 98 valence electrons. The van der Waals surface area contributed by atoms with Crippen LogP contribution in [0.25, 0.3) is 0 Å². The van der Waals surface area contributed by atoms with E-state index in [9.17, 15) is 19.5 Å². The quantitative estimate of drug-likeness (QED) is 0.701. The van der Waals surface area contributed by atoms with Crippen LogP contribution >= 0.6 is 0 Å². The van der Waals surface area contributed by atoms with Crippen molar-refractivity contribution in [1.82, 2.24) is 4.90 Å². The Morgan fingerprint density at radius 1 is 1.28 bits per heavy atom. The van der Waals surface area contributed by atoms with Crippen molar-refractivity contribution >= 4 is 17.8 Å². The molecule has 3 aliphatic rings. The Kier molecular flexibility index (Phi) is 2.45. The summed E-state index contributed by atoms with van der Waals surface area (Å²) in [7, 11) is 0. The number of ether oxygens (including phenoxy) is 1. The smallest absolute Gasteiger partial charge is 0.332 e. The Morgan fingerprint density at radius 3 is 2.33 bits per heavy atom. The number of amides is 2. The molecule has 2 bridgehead atoms. The van der Waals surface area contributed by atoms with Crippen LogP contribution in [0.2, 0.25) is 0 Å². The van der Waals surface area contributed by atoms with Crippen molar-refractivity contribution < 1.29 is 24.2 Å². The lowest BCUT2D eigenvalue weighted by molar-refractivity contribution is -0.172. The van der Waals surface area contributed by atoms with E-state index in [1.165, 1.54) is 0 Å². The molecule has 2 heterocycles. The second-order valence-corrected chi connectivity index (χ2v) is 5.36. The maximum atomic E-state index is 12.3. The Labute approximate surface area is 104 Å². The molecular weight excluding hydrogens is 238 g/mol. The Hall–Kier alpha value is -1.43. The number of fused-ring (bicyclic) bond motifs is 2. The van der Waals surface area contributed by atoms with Crippen molar-refractivity contribution in [3.8, 4) is 0 Å². The molecule has 0 spiro atoms. The van der Waals surface area contributed by atoms with Crippen LogP contribution in [0.4, 0.5) is 0 Å². The average molecular weight is 253 g/mol. The summed E-state index contributed by atoms with van der Waals surface area (Å²) in [5.74, 6) is -2.12. The highest BCUT2D eigenvalue weighted by atomic mass is 16.5. The van der Waals surface area contributed by atoms with Gasteiger partial charge >= 0.3 is 5.97 Å². The van der Waals surface area contributed by atoms with Crippen LogP contribution in [-0.4, -0.2) is 46.5 Å². The van der Waals surface area contributed by atoms with Gasteiger partial charge in [0.1, 0.15) is 0 Å². The molecule has 0 aromatic carbocycles. The maximum Gasteiger partial charge on any atom is 0.332 e. The SMILES string of the molecule is O=C1C2CCC(C2)C(=O)N1C1(C(=O)O)CCOC1. The second-order valence-electron chi connectivity index (χ2n) is 5.36. The topological polar surface area (TPSA) is 83.9 Å². The number of nitrogens with zero attached hydrogens (tertiary/aromatic N) is 1. The zero-order chi connectivity index (χ0) is 12.9. The van der Waals surface area contributed by atoms with E-state index in [-0.39, 0.29) is 43.3 Å². The molecule has 18 heavy (non-hydrogen) atoms. The van der Waals surface area contributed by atoms with Gasteiger partial charge in [-0.25, -0.2) is 4.79 Å². The highest BCUT2D eigenvalue weighted by Crippen LogP contribution is 2.42. The number of aliphatic carboxylic acids is 1. The zero-order valence-electron chi connectivity index (χ0n) is 9.92. The molecule has 2 aliphatic heterocycles. The summed E-state index contributed by atoms with van der Waals surface area (Å²) >= 11 is 0. The fourth-order valence-corrected chi connectivity index (χ4v) is 3.32. The minimum atomic E-state index is -1.46. The third-order valence-electron chi connectivity index (χ3n) is 4.40. The van der Waals surface area contributed by atoms with Crippen molar-refractivity contribution in [2.75, 3.05) is 13.2 Å². The van der Waals surface area contributed by atoms with E-state index < -0.39 is 11.5 Å². The predicted molar refractivity (Wildman–Crippen MR) is 58.5 cm³/mol. The molecule has 3 rings (SSSR count). The van der Waals surface area contributed by atoms with Crippen LogP contribution in [0.3, 0.4) is 0 Å². The number of imide groups is 1. The number of carbonyl (C=O) groups is 3. The maximum absolute atomic E-state index is 12.3. The third-order valence-corrected chi connectivity index (χ3v) is 4.40. The molecule has 3 unspecified atom stereocenters. The first-order valence-electron chi connectivity index (χ1n) is 6.25. The lowest BCUT2D eigenvalue weighted by atomic mass is 9.88. The molecule has 3 fully saturated rings. The fourth-order valence-electron chi connectivity index (χ4n) is 3.32. The molecule has 6 heteroatoms. The van der Waals surface area contributed by atoms with Crippen LogP contribution < -0.4 is 0 Å². The van der Waals surface area contributed by atoms with Crippen molar-refractivity contribution in [2.45, 2.75) is 31.2 Å². The Morgan fingerprint density at radius 2 is 1.89 bits per heavy atom. The number of likely N-dealkylation sites (tertiary alicyclic amines) is 1. The van der Waals surface area contributed by atoms with Crippen molar-refractivity contribution in [3.63, 3.8) is 0 Å². The number of piperidine rings is 1. The number of hydrogen-bond donors (Lipinski definition) is 1. The summed E-state index contributed by atoms with van der Waals surface area (Å²) in [5.41, 5.74) is -1.46. The summed E-state index contributed by atoms with van der Waals surface area (Å²) in [6, 6.07) is 0. The largest absolute Gasteiger partial charge is 0.479 e. The minimum absolute atomic E-state index is 0.0841. The van der Waals surface area contributed by atoms with Crippen LogP contribution in [0, 0.1) is 11.8 Å². The van der Waals surface area contributed by atoms with Gasteiger partial charge in [-0.15, -0.1) is 0 Å². The lowest BCUT2D eigenvalue weighted by Crippen LogP contribution is -2.63. The van der Waals surface area contributed by atoms with Crippen LogP contribution in [-0.2, 0) is 19.1 Å². The molecule has 0 aromatic rings. The molecule has 2 saturated heterocycles. The van der Waals surface area contributed by atoms with Crippen molar-refractivity contribution in [2.24, 2.45) is 11.8 Å². The van der Waals surface area contributed by atoms with E-state index in [2.05, 4.69) is 0 Å². The van der Waals surface area contributed by atoms with E-state index in [1.54, 1.807) is 0 Å². The number of carboxylic acid groups (broad SMARTS) is 1. The van der Waals surface area contributed by atoms with Gasteiger partial charge in [-0.2, -0.15) is 0 Å². The van der Waals surface area contributed by atoms with Gasteiger partial charge in [0.25, 0.3) is 0 Å². The van der Waals surface area contributed by atoms with Gasteiger partial charge in [0.05, 0.1) is 6.61 Å². The van der Waals surface area contributed by atoms with Gasteiger partial charge in [-0.3, -0.25) is 14.5 Å². The standard InChI is InChI=1S/C12H15NO5/c14-9-7-1-2-8(5-7)10(15)13(9)12(11(16)17)3-4-18-6-12/h7-8H,1-6H2,(H,16,17). The monoisotopic (exact) mass is 253 g/mol. The first kappa shape index (κ1) is 11.6. The first-order valence-corrected chi connectivity index (χ1v) is 6.25. The first-order chi connectivity index (χ1) is 8.56. The van der Waals surface area contributed by atoms with Crippen LogP contribution in [0.15, 0.2) is 0 Å². The predicted octanol–water partition coefficient (Wildman–Crippen LogP) is 0.0152. The zero-order valence-corrected chi connectivity index (χ0v) is 9.92. The average Bonchev–Trinajstić information content (AvgIpc) is 2.96. The van der Waals surface area contributed by atoms with E-state index in [1.807, 2.05) is 0 Å². The normalized spacial score (nSPS) is 39.4. The lowest BCUT2D eigenvalue weighted by Gasteiger charge is -2.39. The Bertz CT molecular complexity index is 404. The summed E-state index contributed by atoms with van der Waals surface area (Å²) in [4.78, 5) is 37.1. The van der Waals surface area contributed by atoms with Gasteiger partial charge in [-0.1, -0.05) is 0 Å². The summed E-state index contributed by atoms with van der Waals surface area (Å²) in [5, 5.41) is 9.42. The molecular formula is C12H15NO5. The molecule has 0 aromatic heterocycles. The van der Waals surface area contributed by atoms with Crippen LogP contribution in [0.1, 0.15) is 25.7 Å². The van der Waals surface area contributed by atoms with Gasteiger partial charge in [0.2, 0.25) is 11.8 Å². The van der Waals surface area contributed by atoms with Gasteiger partial charge in [0.15, 0.2) is 5.54 Å². The number of carboxylic acids is 1. The fraction of sp³-hybridized carbons (Fsp3) is 0.750. The summed E-state index contributed by atoms with van der Waals surface area (Å²) in [6.07, 6.45) is 2.18. The number of carbonyl (C=O) groups excluding carboxylic acids is 2. The molecule has 6 nitrogen and oxygen atoms in total. The minimum Gasteiger partial charge on any atom is -0.479 e. The third kappa shape index (κ3) is 1.35. The molecule has 2 amide bonds. The van der Waals surface area contributed by atoms with E-state index in [0.29, 0.717) is 19.3 Å². The molecule has 1 aliphatic carbocycles. The highest BCUT2D eigenvalue weighted by molar-refractivity contribution is 6.05.